The fourth-order valence-corrected chi connectivity index (χ4v) is 2.66. The molecule has 2 rings (SSSR count). The van der Waals surface area contributed by atoms with E-state index in [1.165, 1.54) is 12.1 Å². The van der Waals surface area contributed by atoms with Gasteiger partial charge < -0.3 is 15.8 Å². The summed E-state index contributed by atoms with van der Waals surface area (Å²) in [5.41, 5.74) is 6.65. The van der Waals surface area contributed by atoms with Crippen molar-refractivity contribution in [3.8, 4) is 5.75 Å². The van der Waals surface area contributed by atoms with E-state index in [1.807, 2.05) is 0 Å². The van der Waals surface area contributed by atoms with Crippen LogP contribution in [0.4, 0.5) is 8.78 Å². The topological polar surface area (TPSA) is 64.4 Å². The number of hydrogen-bond donors (Lipinski definition) is 2. The number of amides is 1. The van der Waals surface area contributed by atoms with Gasteiger partial charge in [-0.1, -0.05) is 18.6 Å². The van der Waals surface area contributed by atoms with Crippen LogP contribution in [0.5, 0.6) is 5.75 Å². The fourth-order valence-electron chi connectivity index (χ4n) is 2.66. The van der Waals surface area contributed by atoms with Crippen LogP contribution in [0.1, 0.15) is 31.2 Å². The van der Waals surface area contributed by atoms with Crippen molar-refractivity contribution in [1.82, 2.24) is 5.32 Å². The molecule has 124 valence electrons. The molecule has 0 unspecified atom stereocenters. The van der Waals surface area contributed by atoms with Gasteiger partial charge in [-0.2, -0.15) is 8.78 Å². The highest BCUT2D eigenvalue weighted by Crippen LogP contribution is 2.26. The van der Waals surface area contributed by atoms with Gasteiger partial charge in [0.2, 0.25) is 5.91 Å². The average molecular weight is 335 g/mol. The van der Waals surface area contributed by atoms with Gasteiger partial charge in [0, 0.05) is 19.0 Å². The summed E-state index contributed by atoms with van der Waals surface area (Å²) in [4.78, 5) is 11.9. The minimum absolute atomic E-state index is 0. The summed E-state index contributed by atoms with van der Waals surface area (Å²) in [5, 5.41) is 2.79. The Morgan fingerprint density at radius 2 is 2.18 bits per heavy atom. The van der Waals surface area contributed by atoms with Crippen LogP contribution >= 0.6 is 12.4 Å². The lowest BCUT2D eigenvalue weighted by molar-refractivity contribution is -0.122. The third-order valence-corrected chi connectivity index (χ3v) is 3.78. The minimum Gasteiger partial charge on any atom is -0.435 e. The molecule has 1 aromatic rings. The van der Waals surface area contributed by atoms with Crippen LogP contribution in [-0.2, 0) is 11.3 Å². The lowest BCUT2D eigenvalue weighted by Crippen LogP contribution is -2.31. The normalized spacial score (nSPS) is 20.5. The van der Waals surface area contributed by atoms with Crippen LogP contribution in [0.3, 0.4) is 0 Å². The van der Waals surface area contributed by atoms with Crippen molar-refractivity contribution in [2.45, 2.75) is 44.9 Å². The number of halogens is 3. The molecule has 1 aliphatic carbocycles. The molecule has 22 heavy (non-hydrogen) atoms. The van der Waals surface area contributed by atoms with E-state index in [0.717, 1.165) is 24.8 Å². The molecule has 1 fully saturated rings. The molecule has 1 aliphatic rings. The molecule has 1 aromatic carbocycles. The molecule has 0 spiro atoms. The third-order valence-electron chi connectivity index (χ3n) is 3.78. The number of hydrogen-bond acceptors (Lipinski definition) is 3. The van der Waals surface area contributed by atoms with Gasteiger partial charge in [0.25, 0.3) is 0 Å². The third kappa shape index (κ3) is 5.77. The van der Waals surface area contributed by atoms with Gasteiger partial charge in [-0.15, -0.1) is 12.4 Å². The predicted octanol–water partition coefficient (Wildman–Crippen LogP) is 2.84. The quantitative estimate of drug-likeness (QED) is 0.840. The summed E-state index contributed by atoms with van der Waals surface area (Å²) in [6.07, 6.45) is 3.47. The molecule has 0 aliphatic heterocycles. The van der Waals surface area contributed by atoms with Crippen LogP contribution < -0.4 is 15.8 Å². The number of carbonyl (C=O) groups excluding carboxylic acids is 1. The first-order valence-corrected chi connectivity index (χ1v) is 7.10. The summed E-state index contributed by atoms with van der Waals surface area (Å²) in [6.45, 7) is -2.56. The summed E-state index contributed by atoms with van der Waals surface area (Å²) >= 11 is 0. The zero-order valence-electron chi connectivity index (χ0n) is 12.1. The smallest absolute Gasteiger partial charge is 0.387 e. The van der Waals surface area contributed by atoms with Gasteiger partial charge in [0.1, 0.15) is 5.75 Å². The second-order valence-corrected chi connectivity index (χ2v) is 5.36. The van der Waals surface area contributed by atoms with E-state index >= 15 is 0 Å². The highest BCUT2D eigenvalue weighted by atomic mass is 35.5. The number of alkyl halides is 2. The highest BCUT2D eigenvalue weighted by Gasteiger charge is 2.25. The van der Waals surface area contributed by atoms with Crippen molar-refractivity contribution >= 4 is 18.3 Å². The maximum Gasteiger partial charge on any atom is 0.387 e. The van der Waals surface area contributed by atoms with Crippen molar-refractivity contribution in [2.24, 2.45) is 11.7 Å². The minimum atomic E-state index is -2.85. The zero-order chi connectivity index (χ0) is 15.2. The van der Waals surface area contributed by atoms with Gasteiger partial charge in [-0.05, 0) is 36.5 Å². The second kappa shape index (κ2) is 8.90. The van der Waals surface area contributed by atoms with E-state index in [0.29, 0.717) is 13.0 Å². The Balaban J connectivity index is 0.00000242. The van der Waals surface area contributed by atoms with E-state index < -0.39 is 6.61 Å². The summed E-state index contributed by atoms with van der Waals surface area (Å²) in [5.74, 6) is 0.283. The van der Waals surface area contributed by atoms with Crippen molar-refractivity contribution in [3.63, 3.8) is 0 Å². The molecule has 1 saturated carbocycles. The van der Waals surface area contributed by atoms with Crippen molar-refractivity contribution in [2.75, 3.05) is 0 Å². The van der Waals surface area contributed by atoms with E-state index in [1.54, 1.807) is 12.1 Å². The number of carbonyl (C=O) groups is 1. The molecule has 1 amide bonds. The van der Waals surface area contributed by atoms with Crippen molar-refractivity contribution in [3.05, 3.63) is 29.8 Å². The first-order chi connectivity index (χ1) is 10.0. The Hall–Kier alpha value is -1.40. The second-order valence-electron chi connectivity index (χ2n) is 5.36. The number of benzene rings is 1. The maximum absolute atomic E-state index is 12.1. The SMILES string of the molecule is Cl.N[C@@H]1CCC[C@H]1CC(=O)NCc1cccc(OC(F)F)c1. The molecule has 0 bridgehead atoms. The summed E-state index contributed by atoms with van der Waals surface area (Å²) < 4.78 is 28.6. The molecule has 0 heterocycles. The zero-order valence-corrected chi connectivity index (χ0v) is 13.0. The monoisotopic (exact) mass is 334 g/mol. The Kier molecular flexibility index (Phi) is 7.55. The van der Waals surface area contributed by atoms with Crippen LogP contribution in [0, 0.1) is 5.92 Å². The molecule has 0 radical (unpaired) electrons. The molecule has 4 nitrogen and oxygen atoms in total. The highest BCUT2D eigenvalue weighted by molar-refractivity contribution is 5.85. The molecular weight excluding hydrogens is 314 g/mol. The lowest BCUT2D eigenvalue weighted by atomic mass is 10.00. The molecule has 0 aromatic heterocycles. The lowest BCUT2D eigenvalue weighted by Gasteiger charge is -2.15. The Bertz CT molecular complexity index is 488. The number of rotatable bonds is 6. The molecule has 0 saturated heterocycles. The van der Waals surface area contributed by atoms with Crippen LogP contribution in [0.15, 0.2) is 24.3 Å². The number of nitrogens with one attached hydrogen (secondary N) is 1. The van der Waals surface area contributed by atoms with Gasteiger partial charge >= 0.3 is 6.61 Å². The van der Waals surface area contributed by atoms with Crippen LogP contribution in [0.2, 0.25) is 0 Å². The maximum atomic E-state index is 12.1. The number of ether oxygens (including phenoxy) is 1. The first kappa shape index (κ1) is 18.6. The van der Waals surface area contributed by atoms with E-state index in [2.05, 4.69) is 10.1 Å². The van der Waals surface area contributed by atoms with Gasteiger partial charge in [0.05, 0.1) is 0 Å². The summed E-state index contributed by atoms with van der Waals surface area (Å²) in [6, 6.07) is 6.42. The standard InChI is InChI=1S/C15H20F2N2O2.ClH/c16-15(17)21-12-5-1-3-10(7-12)9-19-14(20)8-11-4-2-6-13(11)18;/h1,3,5,7,11,13,15H,2,4,6,8-9,18H2,(H,19,20);1H/t11-,13+;/m0./s1. The Morgan fingerprint density at radius 1 is 1.41 bits per heavy atom. The largest absolute Gasteiger partial charge is 0.435 e. The van der Waals surface area contributed by atoms with E-state index in [9.17, 15) is 13.6 Å². The van der Waals surface area contributed by atoms with Gasteiger partial charge in [-0.3, -0.25) is 4.79 Å². The van der Waals surface area contributed by atoms with Gasteiger partial charge in [-0.25, -0.2) is 0 Å². The summed E-state index contributed by atoms with van der Waals surface area (Å²) in [7, 11) is 0. The average Bonchev–Trinajstić information content (AvgIpc) is 2.82. The first-order valence-electron chi connectivity index (χ1n) is 7.10. The van der Waals surface area contributed by atoms with Crippen LogP contribution in [0.25, 0.3) is 0 Å². The van der Waals surface area contributed by atoms with E-state index in [-0.39, 0.29) is 36.0 Å². The number of nitrogens with two attached hydrogens (primary N) is 1. The molecule has 2 atom stereocenters. The molecule has 7 heteroatoms. The Labute approximate surface area is 134 Å². The predicted molar refractivity (Wildman–Crippen MR) is 82.1 cm³/mol. The Morgan fingerprint density at radius 3 is 2.82 bits per heavy atom. The van der Waals surface area contributed by atoms with E-state index in [4.69, 9.17) is 5.73 Å². The molecular formula is C15H21ClF2N2O2. The van der Waals surface area contributed by atoms with Crippen LogP contribution in [-0.4, -0.2) is 18.6 Å². The molecule has 3 N–H and O–H groups in total. The van der Waals surface area contributed by atoms with Gasteiger partial charge in [0.15, 0.2) is 0 Å². The fraction of sp³-hybridized carbons (Fsp3) is 0.533. The van der Waals surface area contributed by atoms with Crippen molar-refractivity contribution in [1.29, 1.82) is 0 Å². The van der Waals surface area contributed by atoms with Crippen molar-refractivity contribution < 1.29 is 18.3 Å².